The van der Waals surface area contributed by atoms with Crippen LogP contribution in [0.15, 0.2) is 54.6 Å². The number of anilines is 1. The summed E-state index contributed by atoms with van der Waals surface area (Å²) < 4.78 is 10.7. The van der Waals surface area contributed by atoms with Crippen LogP contribution in [0.4, 0.5) is 5.69 Å². The molecule has 0 N–H and O–H groups in total. The molecule has 0 saturated carbocycles. The van der Waals surface area contributed by atoms with Crippen LogP contribution in [0.2, 0.25) is 0 Å². The largest absolute Gasteiger partial charge is 0.454 e. The average Bonchev–Trinajstić information content (AvgIpc) is 3.38. The Morgan fingerprint density at radius 3 is 2.52 bits per heavy atom. The Morgan fingerprint density at radius 2 is 1.71 bits per heavy atom. The van der Waals surface area contributed by atoms with E-state index in [-0.39, 0.29) is 31.1 Å². The SMILES string of the molecule is O=C1C[C@@H](N2CCN(C/C=C/c3ccccc3)CC2)C(=O)N1c1ccc2c(c1)OCO2. The number of fused-ring (bicyclic) bond motifs is 1. The molecular formula is C24H25N3O4. The van der Waals surface area contributed by atoms with Crippen molar-refractivity contribution in [2.24, 2.45) is 0 Å². The molecule has 160 valence electrons. The van der Waals surface area contributed by atoms with E-state index >= 15 is 0 Å². The molecule has 7 nitrogen and oxygen atoms in total. The summed E-state index contributed by atoms with van der Waals surface area (Å²) in [5.74, 6) is 0.888. The Balaban J connectivity index is 1.18. The second-order valence-corrected chi connectivity index (χ2v) is 7.97. The summed E-state index contributed by atoms with van der Waals surface area (Å²) >= 11 is 0. The molecule has 31 heavy (non-hydrogen) atoms. The molecule has 3 aliphatic rings. The van der Waals surface area contributed by atoms with Gasteiger partial charge in [0.05, 0.1) is 18.2 Å². The number of rotatable bonds is 5. The number of imide groups is 1. The molecular weight excluding hydrogens is 394 g/mol. The Labute approximate surface area is 181 Å². The Kier molecular flexibility index (Phi) is 5.44. The first kappa shape index (κ1) is 19.8. The van der Waals surface area contributed by atoms with Crippen molar-refractivity contribution in [3.63, 3.8) is 0 Å². The van der Waals surface area contributed by atoms with Gasteiger partial charge >= 0.3 is 0 Å². The number of hydrogen-bond donors (Lipinski definition) is 0. The van der Waals surface area contributed by atoms with Crippen LogP contribution in [0.1, 0.15) is 12.0 Å². The molecule has 1 atom stereocenters. The Hall–Kier alpha value is -3.16. The zero-order valence-corrected chi connectivity index (χ0v) is 17.3. The van der Waals surface area contributed by atoms with Crippen molar-refractivity contribution in [1.82, 2.24) is 9.80 Å². The van der Waals surface area contributed by atoms with Crippen LogP contribution >= 0.6 is 0 Å². The lowest BCUT2D eigenvalue weighted by molar-refractivity contribution is -0.123. The second-order valence-electron chi connectivity index (χ2n) is 7.97. The number of piperazine rings is 1. The van der Waals surface area contributed by atoms with Crippen LogP contribution in [0.3, 0.4) is 0 Å². The minimum atomic E-state index is -0.389. The molecule has 0 aliphatic carbocycles. The zero-order chi connectivity index (χ0) is 21.2. The van der Waals surface area contributed by atoms with Crippen molar-refractivity contribution >= 4 is 23.6 Å². The molecule has 2 aromatic rings. The van der Waals surface area contributed by atoms with Crippen LogP contribution < -0.4 is 14.4 Å². The molecule has 0 spiro atoms. The van der Waals surface area contributed by atoms with Gasteiger partial charge in [-0.25, -0.2) is 4.90 Å². The number of hydrogen-bond acceptors (Lipinski definition) is 6. The molecule has 3 aliphatic heterocycles. The van der Waals surface area contributed by atoms with E-state index < -0.39 is 0 Å². The van der Waals surface area contributed by atoms with Gasteiger partial charge in [-0.05, 0) is 17.7 Å². The van der Waals surface area contributed by atoms with Gasteiger partial charge in [0.1, 0.15) is 0 Å². The first-order valence-corrected chi connectivity index (χ1v) is 10.6. The maximum atomic E-state index is 13.1. The summed E-state index contributed by atoms with van der Waals surface area (Å²) in [5.41, 5.74) is 1.74. The molecule has 0 radical (unpaired) electrons. The van der Waals surface area contributed by atoms with E-state index in [9.17, 15) is 9.59 Å². The van der Waals surface area contributed by atoms with E-state index in [1.807, 2.05) is 18.2 Å². The van der Waals surface area contributed by atoms with Gasteiger partial charge < -0.3 is 9.47 Å². The summed E-state index contributed by atoms with van der Waals surface area (Å²) in [4.78, 5) is 31.6. The molecule has 0 bridgehead atoms. The summed E-state index contributed by atoms with van der Waals surface area (Å²) in [5, 5.41) is 0. The molecule has 0 unspecified atom stereocenters. The minimum absolute atomic E-state index is 0.152. The highest BCUT2D eigenvalue weighted by molar-refractivity contribution is 6.22. The van der Waals surface area contributed by atoms with Crippen molar-refractivity contribution in [3.8, 4) is 11.5 Å². The molecule has 7 heteroatoms. The number of carbonyl (C=O) groups excluding carboxylic acids is 2. The molecule has 5 rings (SSSR count). The van der Waals surface area contributed by atoms with Crippen molar-refractivity contribution < 1.29 is 19.1 Å². The first-order valence-electron chi connectivity index (χ1n) is 10.6. The van der Waals surface area contributed by atoms with E-state index in [4.69, 9.17) is 9.47 Å². The summed E-state index contributed by atoms with van der Waals surface area (Å²) in [6.07, 6.45) is 4.53. The average molecular weight is 419 g/mol. The predicted molar refractivity (Wildman–Crippen MR) is 117 cm³/mol. The Bertz CT molecular complexity index is 999. The minimum Gasteiger partial charge on any atom is -0.454 e. The fraction of sp³-hybridized carbons (Fsp3) is 0.333. The van der Waals surface area contributed by atoms with Gasteiger partial charge in [-0.1, -0.05) is 42.5 Å². The van der Waals surface area contributed by atoms with E-state index in [1.165, 1.54) is 10.5 Å². The lowest BCUT2D eigenvalue weighted by Crippen LogP contribution is -2.52. The van der Waals surface area contributed by atoms with Crippen molar-refractivity contribution in [2.45, 2.75) is 12.5 Å². The van der Waals surface area contributed by atoms with Crippen LogP contribution in [0.5, 0.6) is 11.5 Å². The first-order chi connectivity index (χ1) is 15.2. The third kappa shape index (κ3) is 4.06. The van der Waals surface area contributed by atoms with Crippen LogP contribution in [0, 0.1) is 0 Å². The quantitative estimate of drug-likeness (QED) is 0.694. The van der Waals surface area contributed by atoms with Crippen molar-refractivity contribution in [3.05, 3.63) is 60.2 Å². The fourth-order valence-electron chi connectivity index (χ4n) is 4.36. The third-order valence-electron chi connectivity index (χ3n) is 6.06. The van der Waals surface area contributed by atoms with Gasteiger partial charge in [0.15, 0.2) is 11.5 Å². The Morgan fingerprint density at radius 1 is 0.935 bits per heavy atom. The number of nitrogens with zero attached hydrogens (tertiary/aromatic N) is 3. The maximum absolute atomic E-state index is 13.1. The lowest BCUT2D eigenvalue weighted by Gasteiger charge is -2.36. The summed E-state index contributed by atoms with van der Waals surface area (Å²) in [7, 11) is 0. The molecule has 0 aromatic heterocycles. The van der Waals surface area contributed by atoms with Gasteiger partial charge in [0.2, 0.25) is 12.7 Å². The molecule has 2 aromatic carbocycles. The van der Waals surface area contributed by atoms with Crippen molar-refractivity contribution in [1.29, 1.82) is 0 Å². The van der Waals surface area contributed by atoms with Gasteiger partial charge in [-0.15, -0.1) is 0 Å². The highest BCUT2D eigenvalue weighted by Gasteiger charge is 2.43. The number of ether oxygens (including phenoxy) is 2. The highest BCUT2D eigenvalue weighted by atomic mass is 16.7. The lowest BCUT2D eigenvalue weighted by atomic mass is 10.1. The van der Waals surface area contributed by atoms with Crippen LogP contribution in [-0.2, 0) is 9.59 Å². The number of benzene rings is 2. The van der Waals surface area contributed by atoms with Crippen molar-refractivity contribution in [2.75, 3.05) is 44.4 Å². The number of carbonyl (C=O) groups is 2. The molecule has 2 saturated heterocycles. The van der Waals surface area contributed by atoms with E-state index in [2.05, 4.69) is 34.1 Å². The second kappa shape index (κ2) is 8.53. The van der Waals surface area contributed by atoms with E-state index in [0.29, 0.717) is 17.2 Å². The maximum Gasteiger partial charge on any atom is 0.251 e. The van der Waals surface area contributed by atoms with E-state index in [0.717, 1.165) is 32.7 Å². The van der Waals surface area contributed by atoms with Crippen LogP contribution in [-0.4, -0.2) is 67.2 Å². The monoisotopic (exact) mass is 419 g/mol. The highest BCUT2D eigenvalue weighted by Crippen LogP contribution is 2.37. The predicted octanol–water partition coefficient (Wildman–Crippen LogP) is 2.38. The fourth-order valence-corrected chi connectivity index (χ4v) is 4.36. The molecule has 3 heterocycles. The van der Waals surface area contributed by atoms with Gasteiger partial charge in [-0.2, -0.15) is 0 Å². The van der Waals surface area contributed by atoms with Gasteiger partial charge in [0.25, 0.3) is 5.91 Å². The molecule has 2 fully saturated rings. The normalized spacial score (nSPS) is 22.1. The van der Waals surface area contributed by atoms with E-state index in [1.54, 1.807) is 18.2 Å². The third-order valence-corrected chi connectivity index (χ3v) is 6.06. The summed E-state index contributed by atoms with van der Waals surface area (Å²) in [6, 6.07) is 15.1. The standard InChI is InChI=1S/C24H25N3O4/c28-23-16-20(24(29)27(23)19-8-9-21-22(15-19)31-17-30-21)26-13-11-25(12-14-26)10-4-7-18-5-2-1-3-6-18/h1-9,15,20H,10-14,16-17H2/b7-4+/t20-/m1/s1. The van der Waals surface area contributed by atoms with Gasteiger partial charge in [0, 0.05) is 38.8 Å². The molecule has 2 amide bonds. The number of amides is 2. The zero-order valence-electron chi connectivity index (χ0n) is 17.3. The summed E-state index contributed by atoms with van der Waals surface area (Å²) in [6.45, 7) is 4.34. The van der Waals surface area contributed by atoms with Gasteiger partial charge in [-0.3, -0.25) is 19.4 Å². The smallest absolute Gasteiger partial charge is 0.251 e. The van der Waals surface area contributed by atoms with Crippen LogP contribution in [0.25, 0.3) is 6.08 Å². The topological polar surface area (TPSA) is 62.3 Å².